The van der Waals surface area contributed by atoms with Crippen LogP contribution in [0.4, 0.5) is 0 Å². The minimum atomic E-state index is -1.11. The third-order valence-electron chi connectivity index (χ3n) is 1.32. The maximum atomic E-state index is 10.6. The highest BCUT2D eigenvalue weighted by atomic mass is 16.7. The summed E-state index contributed by atoms with van der Waals surface area (Å²) < 4.78 is 19.2. The van der Waals surface area contributed by atoms with Gasteiger partial charge in [-0.2, -0.15) is 0 Å². The fourth-order valence-corrected chi connectivity index (χ4v) is 0.646. The number of hydrogen-bond acceptors (Lipinski definition) is 5. The summed E-state index contributed by atoms with van der Waals surface area (Å²) in [5.74, 6) is -0.659. The van der Waals surface area contributed by atoms with Crippen molar-refractivity contribution >= 4 is 5.97 Å². The van der Waals surface area contributed by atoms with Crippen molar-refractivity contribution in [3.05, 3.63) is 12.3 Å². The summed E-state index contributed by atoms with van der Waals surface area (Å²) in [6.07, 6.45) is -1.07. The fourth-order valence-electron chi connectivity index (χ4n) is 0.646. The number of ether oxygens (including phenoxy) is 4. The molecule has 1 N–H and O–H groups in total. The number of methoxy groups -OCH3 is 1. The van der Waals surface area contributed by atoms with Gasteiger partial charge in [-0.1, -0.05) is 6.58 Å². The van der Waals surface area contributed by atoms with Crippen molar-refractivity contribution in [3.8, 4) is 0 Å². The minimum Gasteiger partial charge on any atom is -0.479 e. The second-order valence-electron chi connectivity index (χ2n) is 2.74. The van der Waals surface area contributed by atoms with Crippen molar-refractivity contribution in [2.45, 2.75) is 13.0 Å². The molecule has 15 heavy (non-hydrogen) atoms. The van der Waals surface area contributed by atoms with Gasteiger partial charge in [0.25, 0.3) is 0 Å². The number of aliphatic carboxylic acids is 1. The average Bonchev–Trinajstić information content (AvgIpc) is 2.15. The van der Waals surface area contributed by atoms with E-state index in [2.05, 4.69) is 11.3 Å². The van der Waals surface area contributed by atoms with Crippen LogP contribution in [0.25, 0.3) is 0 Å². The number of carbonyl (C=O) groups is 1. The maximum absolute atomic E-state index is 10.6. The van der Waals surface area contributed by atoms with Gasteiger partial charge in [0, 0.05) is 7.11 Å². The molecule has 0 saturated carbocycles. The third-order valence-corrected chi connectivity index (χ3v) is 1.32. The zero-order valence-corrected chi connectivity index (χ0v) is 8.89. The van der Waals surface area contributed by atoms with Crippen LogP contribution in [0.1, 0.15) is 6.92 Å². The number of hydrogen-bond donors (Lipinski definition) is 1. The molecular weight excluding hydrogens is 204 g/mol. The first-order valence-corrected chi connectivity index (χ1v) is 4.27. The summed E-state index contributed by atoms with van der Waals surface area (Å²) in [6, 6.07) is 0. The molecular formula is C9H16O6. The lowest BCUT2D eigenvalue weighted by molar-refractivity contribution is -0.168. The first-order chi connectivity index (χ1) is 7.07. The average molecular weight is 220 g/mol. The monoisotopic (exact) mass is 220 g/mol. The molecule has 1 unspecified atom stereocenters. The second kappa shape index (κ2) is 8.22. The van der Waals surface area contributed by atoms with Crippen LogP contribution in [0.5, 0.6) is 0 Å². The molecule has 0 rings (SSSR count). The molecule has 6 nitrogen and oxygen atoms in total. The zero-order chi connectivity index (χ0) is 11.7. The van der Waals surface area contributed by atoms with Crippen molar-refractivity contribution in [1.29, 1.82) is 0 Å². The van der Waals surface area contributed by atoms with E-state index in [1.807, 2.05) is 0 Å². The molecule has 0 fully saturated rings. The maximum Gasteiger partial charge on any atom is 0.335 e. The van der Waals surface area contributed by atoms with Crippen LogP contribution < -0.4 is 0 Å². The lowest BCUT2D eigenvalue weighted by atomic mass is 10.4. The Morgan fingerprint density at radius 3 is 2.60 bits per heavy atom. The Morgan fingerprint density at radius 1 is 1.47 bits per heavy atom. The summed E-state index contributed by atoms with van der Waals surface area (Å²) >= 11 is 0. The molecule has 0 radical (unpaired) electrons. The van der Waals surface area contributed by atoms with Gasteiger partial charge in [-0.3, -0.25) is 0 Å². The Kier molecular flexibility index (Phi) is 7.61. The largest absolute Gasteiger partial charge is 0.479 e. The molecule has 0 aliphatic heterocycles. The summed E-state index contributed by atoms with van der Waals surface area (Å²) in [5.41, 5.74) is 0. The van der Waals surface area contributed by atoms with Crippen LogP contribution in [-0.4, -0.2) is 44.5 Å². The number of carboxylic acids is 1. The van der Waals surface area contributed by atoms with Crippen LogP contribution in [0, 0.1) is 0 Å². The van der Waals surface area contributed by atoms with E-state index in [9.17, 15) is 4.79 Å². The van der Waals surface area contributed by atoms with E-state index in [0.29, 0.717) is 5.76 Å². The van der Waals surface area contributed by atoms with Gasteiger partial charge >= 0.3 is 5.97 Å². The Bertz CT molecular complexity index is 203. The Hall–Kier alpha value is -1.11. The standard InChI is InChI=1S/C9H16O6/c1-7(2)14-6-15-8(9(10)11)4-13-5-12-3/h8H,1,4-6H2,2-3H3,(H,10,11). The van der Waals surface area contributed by atoms with Crippen molar-refractivity contribution in [2.75, 3.05) is 27.3 Å². The Morgan fingerprint density at radius 2 is 2.13 bits per heavy atom. The van der Waals surface area contributed by atoms with Gasteiger partial charge in [-0.25, -0.2) is 4.79 Å². The lowest BCUT2D eigenvalue weighted by Gasteiger charge is -2.14. The van der Waals surface area contributed by atoms with Crippen LogP contribution in [-0.2, 0) is 23.7 Å². The molecule has 6 heteroatoms. The molecule has 1 atom stereocenters. The predicted molar refractivity (Wildman–Crippen MR) is 51.1 cm³/mol. The molecule has 0 saturated heterocycles. The molecule has 0 amide bonds. The van der Waals surface area contributed by atoms with E-state index in [4.69, 9.17) is 19.3 Å². The quantitative estimate of drug-likeness (QED) is 0.348. The van der Waals surface area contributed by atoms with Gasteiger partial charge in [0.05, 0.1) is 12.4 Å². The molecule has 88 valence electrons. The SMILES string of the molecule is C=C(C)OCOC(COCOC)C(=O)O. The highest BCUT2D eigenvalue weighted by Gasteiger charge is 2.18. The van der Waals surface area contributed by atoms with Gasteiger partial charge < -0.3 is 24.1 Å². The predicted octanol–water partition coefficient (Wildman–Crippen LogP) is 0.584. The topological polar surface area (TPSA) is 74.2 Å². The summed E-state index contributed by atoms with van der Waals surface area (Å²) in [4.78, 5) is 10.6. The molecule has 0 heterocycles. The van der Waals surface area contributed by atoms with Crippen molar-refractivity contribution in [1.82, 2.24) is 0 Å². The zero-order valence-electron chi connectivity index (χ0n) is 8.89. The van der Waals surface area contributed by atoms with Gasteiger partial charge in [-0.05, 0) is 6.92 Å². The first kappa shape index (κ1) is 13.9. The number of allylic oxidation sites excluding steroid dienone is 1. The van der Waals surface area contributed by atoms with E-state index >= 15 is 0 Å². The van der Waals surface area contributed by atoms with E-state index in [1.54, 1.807) is 6.92 Å². The van der Waals surface area contributed by atoms with Crippen molar-refractivity contribution < 1.29 is 28.8 Å². The van der Waals surface area contributed by atoms with Crippen molar-refractivity contribution in [2.24, 2.45) is 0 Å². The Balaban J connectivity index is 3.73. The van der Waals surface area contributed by atoms with Gasteiger partial charge in [0.2, 0.25) is 0 Å². The molecule has 0 aromatic heterocycles. The van der Waals surface area contributed by atoms with Gasteiger partial charge in [0.15, 0.2) is 12.9 Å². The van der Waals surface area contributed by atoms with Gasteiger partial charge in [0.1, 0.15) is 6.79 Å². The smallest absolute Gasteiger partial charge is 0.335 e. The van der Waals surface area contributed by atoms with Crippen LogP contribution in [0.2, 0.25) is 0 Å². The van der Waals surface area contributed by atoms with E-state index < -0.39 is 12.1 Å². The summed E-state index contributed by atoms with van der Waals surface area (Å²) in [5, 5.41) is 8.71. The molecule has 0 spiro atoms. The van der Waals surface area contributed by atoms with E-state index in [0.717, 1.165) is 0 Å². The highest BCUT2D eigenvalue weighted by Crippen LogP contribution is 1.97. The van der Waals surface area contributed by atoms with Crippen LogP contribution in [0.15, 0.2) is 12.3 Å². The first-order valence-electron chi connectivity index (χ1n) is 4.27. The van der Waals surface area contributed by atoms with E-state index in [-0.39, 0.29) is 20.2 Å². The summed E-state index contributed by atoms with van der Waals surface area (Å²) in [7, 11) is 1.45. The molecule has 0 aliphatic carbocycles. The number of carboxylic acid groups (broad SMARTS) is 1. The molecule has 0 bridgehead atoms. The molecule has 0 aromatic rings. The van der Waals surface area contributed by atoms with Crippen LogP contribution >= 0.6 is 0 Å². The minimum absolute atomic E-state index is 0.0223. The second-order valence-corrected chi connectivity index (χ2v) is 2.74. The number of rotatable bonds is 9. The normalized spacial score (nSPS) is 12.1. The highest BCUT2D eigenvalue weighted by molar-refractivity contribution is 5.72. The Labute approximate surface area is 88.4 Å². The van der Waals surface area contributed by atoms with Crippen LogP contribution in [0.3, 0.4) is 0 Å². The fraction of sp³-hybridized carbons (Fsp3) is 0.667. The van der Waals surface area contributed by atoms with Gasteiger partial charge in [-0.15, -0.1) is 0 Å². The summed E-state index contributed by atoms with van der Waals surface area (Å²) in [6.45, 7) is 4.87. The molecule has 0 aromatic carbocycles. The van der Waals surface area contributed by atoms with E-state index in [1.165, 1.54) is 7.11 Å². The lowest BCUT2D eigenvalue weighted by Crippen LogP contribution is -2.30. The third kappa shape index (κ3) is 7.92. The molecule has 0 aliphatic rings. The van der Waals surface area contributed by atoms with Crippen molar-refractivity contribution in [3.63, 3.8) is 0 Å².